The fraction of sp³-hybridized carbons (Fsp3) is 0.640. The van der Waals surface area contributed by atoms with Gasteiger partial charge in [0, 0.05) is 19.0 Å². The van der Waals surface area contributed by atoms with Crippen molar-refractivity contribution in [1.29, 1.82) is 0 Å². The van der Waals surface area contributed by atoms with Gasteiger partial charge in [-0.2, -0.15) is 0 Å². The van der Waals surface area contributed by atoms with Crippen molar-refractivity contribution in [3.63, 3.8) is 0 Å². The van der Waals surface area contributed by atoms with Crippen LogP contribution >= 0.6 is 0 Å². The first-order valence-electron chi connectivity index (χ1n) is 11.7. The molecule has 3 aliphatic carbocycles. The van der Waals surface area contributed by atoms with E-state index >= 15 is 0 Å². The summed E-state index contributed by atoms with van der Waals surface area (Å²) in [7, 11) is 0. The molecule has 1 heterocycles. The third-order valence-corrected chi connectivity index (χ3v) is 7.86. The molecule has 162 valence electrons. The van der Waals surface area contributed by atoms with Gasteiger partial charge in [-0.3, -0.25) is 19.3 Å². The summed E-state index contributed by atoms with van der Waals surface area (Å²) in [5.74, 6) is 0.750. The number of amides is 3. The van der Waals surface area contributed by atoms with E-state index in [1.165, 1.54) is 43.4 Å². The van der Waals surface area contributed by atoms with E-state index < -0.39 is 0 Å². The minimum absolute atomic E-state index is 0.171. The molecule has 0 aromatic heterocycles. The second-order valence-corrected chi connectivity index (χ2v) is 9.61. The second kappa shape index (κ2) is 8.91. The number of imide groups is 1. The number of hydrogen-bond acceptors (Lipinski definition) is 3. The van der Waals surface area contributed by atoms with Gasteiger partial charge in [0.25, 0.3) is 11.8 Å². The molecule has 3 saturated carbocycles. The summed E-state index contributed by atoms with van der Waals surface area (Å²) in [5.41, 5.74) is 1.37. The Morgan fingerprint density at radius 2 is 1.57 bits per heavy atom. The summed E-state index contributed by atoms with van der Waals surface area (Å²) >= 11 is 0. The third-order valence-electron chi connectivity index (χ3n) is 7.86. The lowest BCUT2D eigenvalue weighted by molar-refractivity contribution is -0.123. The lowest BCUT2D eigenvalue weighted by atomic mass is 9.58. The molecule has 1 N–H and O–H groups in total. The maximum atomic E-state index is 12.4. The van der Waals surface area contributed by atoms with Crippen LogP contribution in [0.2, 0.25) is 0 Å². The zero-order chi connectivity index (χ0) is 21.1. The van der Waals surface area contributed by atoms with Crippen molar-refractivity contribution in [3.05, 3.63) is 35.4 Å². The molecular formula is C25H34N2O3. The van der Waals surface area contributed by atoms with Crippen molar-refractivity contribution >= 4 is 17.7 Å². The van der Waals surface area contributed by atoms with E-state index in [2.05, 4.69) is 12.2 Å². The lowest BCUT2D eigenvalue weighted by Gasteiger charge is -2.50. The molecule has 3 fully saturated rings. The van der Waals surface area contributed by atoms with Gasteiger partial charge >= 0.3 is 0 Å². The van der Waals surface area contributed by atoms with Crippen molar-refractivity contribution < 1.29 is 14.4 Å². The highest BCUT2D eigenvalue weighted by molar-refractivity contribution is 6.21. The monoisotopic (exact) mass is 410 g/mol. The first-order valence-corrected chi connectivity index (χ1v) is 11.7. The van der Waals surface area contributed by atoms with Gasteiger partial charge in [-0.15, -0.1) is 0 Å². The van der Waals surface area contributed by atoms with Crippen LogP contribution in [0, 0.1) is 11.3 Å². The molecule has 5 rings (SSSR count). The van der Waals surface area contributed by atoms with Crippen LogP contribution < -0.4 is 5.32 Å². The van der Waals surface area contributed by atoms with Crippen LogP contribution in [0.4, 0.5) is 0 Å². The highest BCUT2D eigenvalue weighted by Crippen LogP contribution is 2.52. The molecule has 0 spiro atoms. The summed E-state index contributed by atoms with van der Waals surface area (Å²) in [4.78, 5) is 38.5. The van der Waals surface area contributed by atoms with Crippen molar-refractivity contribution in [2.75, 3.05) is 6.54 Å². The number of fused-ring (bicyclic) bond motifs is 4. The molecule has 3 amide bonds. The van der Waals surface area contributed by atoms with Gasteiger partial charge in [0.1, 0.15) is 0 Å². The largest absolute Gasteiger partial charge is 0.353 e. The van der Waals surface area contributed by atoms with E-state index in [9.17, 15) is 14.4 Å². The van der Waals surface area contributed by atoms with Crippen molar-refractivity contribution in [2.45, 2.75) is 83.6 Å². The molecule has 1 aromatic rings. The molecule has 5 nitrogen and oxygen atoms in total. The molecule has 1 aliphatic heterocycles. The number of rotatable bonds is 9. The van der Waals surface area contributed by atoms with E-state index in [-0.39, 0.29) is 23.8 Å². The zero-order valence-electron chi connectivity index (χ0n) is 18.1. The van der Waals surface area contributed by atoms with Crippen LogP contribution in [0.5, 0.6) is 0 Å². The number of hydrogen-bond donors (Lipinski definition) is 1. The minimum Gasteiger partial charge on any atom is -0.353 e. The Morgan fingerprint density at radius 1 is 1.00 bits per heavy atom. The molecule has 2 bridgehead atoms. The number of nitrogens with one attached hydrogen (secondary N) is 1. The number of unbranched alkanes of at least 4 members (excludes halogenated alkanes) is 3. The van der Waals surface area contributed by atoms with E-state index in [1.54, 1.807) is 24.3 Å². The Bertz CT molecular complexity index is 762. The average Bonchev–Trinajstić information content (AvgIpc) is 3.02. The number of carbonyl (C=O) groups excluding carboxylic acids is 3. The van der Waals surface area contributed by atoms with Gasteiger partial charge < -0.3 is 5.32 Å². The first kappa shape index (κ1) is 21.1. The van der Waals surface area contributed by atoms with Crippen LogP contribution in [0.25, 0.3) is 0 Å². The third kappa shape index (κ3) is 4.17. The maximum absolute atomic E-state index is 12.4. The molecule has 5 heteroatoms. The van der Waals surface area contributed by atoms with Gasteiger partial charge in [-0.1, -0.05) is 25.0 Å². The molecule has 1 unspecified atom stereocenters. The van der Waals surface area contributed by atoms with Gasteiger partial charge in [-0.25, -0.2) is 0 Å². The van der Waals surface area contributed by atoms with Crippen LogP contribution in [0.1, 0.15) is 98.3 Å². The summed E-state index contributed by atoms with van der Waals surface area (Å²) in [6.45, 7) is 2.66. The van der Waals surface area contributed by atoms with Crippen molar-refractivity contribution in [1.82, 2.24) is 10.2 Å². The van der Waals surface area contributed by atoms with Crippen molar-refractivity contribution in [2.24, 2.45) is 11.3 Å². The summed E-state index contributed by atoms with van der Waals surface area (Å²) in [6, 6.07) is 7.29. The fourth-order valence-corrected chi connectivity index (χ4v) is 5.75. The topological polar surface area (TPSA) is 66.5 Å². The Kier molecular flexibility index (Phi) is 6.26. The quantitative estimate of drug-likeness (QED) is 0.474. The summed E-state index contributed by atoms with van der Waals surface area (Å²) in [5, 5.41) is 3.29. The van der Waals surface area contributed by atoms with Crippen LogP contribution in [0.3, 0.4) is 0 Å². The van der Waals surface area contributed by atoms with Crippen LogP contribution in [0.15, 0.2) is 24.3 Å². The van der Waals surface area contributed by atoms with E-state index in [0.29, 0.717) is 29.5 Å². The Balaban J connectivity index is 1.12. The predicted molar refractivity (Wildman–Crippen MR) is 116 cm³/mol. The molecule has 30 heavy (non-hydrogen) atoms. The van der Waals surface area contributed by atoms with Crippen molar-refractivity contribution in [3.8, 4) is 0 Å². The standard InChI is InChI=1S/C25H34N2O3/c1-18(25-14-11-19(12-15-25)13-16-25)26-22(28)10-4-2-3-7-17-27-23(29)20-8-5-6-9-21(20)24(27)30/h5-6,8-9,18-19H,2-4,7,10-17H2,1H3,(H,26,28). The first-order chi connectivity index (χ1) is 14.5. The molecule has 1 aromatic carbocycles. The number of carbonyl (C=O) groups is 3. The zero-order valence-corrected chi connectivity index (χ0v) is 18.1. The molecule has 1 atom stereocenters. The van der Waals surface area contributed by atoms with Gasteiger partial charge in [0.15, 0.2) is 0 Å². The lowest BCUT2D eigenvalue weighted by Crippen LogP contribution is -2.50. The van der Waals surface area contributed by atoms with E-state index in [1.807, 2.05) is 0 Å². The van der Waals surface area contributed by atoms with Gasteiger partial charge in [0.05, 0.1) is 11.1 Å². The highest BCUT2D eigenvalue weighted by Gasteiger charge is 2.44. The minimum atomic E-state index is -0.180. The highest BCUT2D eigenvalue weighted by atomic mass is 16.2. The van der Waals surface area contributed by atoms with E-state index in [4.69, 9.17) is 0 Å². The predicted octanol–water partition coefficient (Wildman–Crippen LogP) is 4.71. The van der Waals surface area contributed by atoms with E-state index in [0.717, 1.165) is 31.6 Å². The van der Waals surface area contributed by atoms with Crippen LogP contribution in [-0.4, -0.2) is 35.2 Å². The molecule has 0 saturated heterocycles. The summed E-state index contributed by atoms with van der Waals surface area (Å²) < 4.78 is 0. The summed E-state index contributed by atoms with van der Waals surface area (Å²) in [6.07, 6.45) is 11.9. The number of benzene rings is 1. The number of nitrogens with zero attached hydrogens (tertiary/aromatic N) is 1. The maximum Gasteiger partial charge on any atom is 0.261 e. The van der Waals surface area contributed by atoms with Gasteiger partial charge in [-0.05, 0) is 81.8 Å². The smallest absolute Gasteiger partial charge is 0.261 e. The van der Waals surface area contributed by atoms with Crippen LogP contribution in [-0.2, 0) is 4.79 Å². The molecule has 0 radical (unpaired) electrons. The fourth-order valence-electron chi connectivity index (χ4n) is 5.75. The Morgan fingerprint density at radius 3 is 2.17 bits per heavy atom. The Labute approximate surface area is 179 Å². The van der Waals surface area contributed by atoms with Gasteiger partial charge in [0.2, 0.25) is 5.91 Å². The second-order valence-electron chi connectivity index (χ2n) is 9.61. The SMILES string of the molecule is CC(NC(=O)CCCCCCN1C(=O)c2ccccc2C1=O)C12CCC(CC1)CC2. The normalized spacial score (nSPS) is 26.0. The average molecular weight is 411 g/mol. The molecule has 4 aliphatic rings. The Hall–Kier alpha value is -2.17. The molecular weight excluding hydrogens is 376 g/mol.